The smallest absolute Gasteiger partial charge is 0.239 e. The average molecular weight is 1270 g/mol. The minimum absolute atomic E-state index is 0.0109. The van der Waals surface area contributed by atoms with Gasteiger partial charge in [0.25, 0.3) is 0 Å². The highest BCUT2D eigenvalue weighted by Gasteiger charge is 2.45. The van der Waals surface area contributed by atoms with E-state index in [0.29, 0.717) is 13.0 Å². The van der Waals surface area contributed by atoms with Crippen LogP contribution in [0.2, 0.25) is 0 Å². The minimum Gasteiger partial charge on any atom is -0.394 e. The number of Topliss-reactive ketones (excluding diaryl/α,β-unsaturated/α-hetero) is 4. The van der Waals surface area contributed by atoms with Gasteiger partial charge in [-0.05, 0) is 44.4 Å². The lowest BCUT2D eigenvalue weighted by Crippen LogP contribution is -2.55. The van der Waals surface area contributed by atoms with Gasteiger partial charge in [-0.25, -0.2) is 0 Å². The second-order valence-electron chi connectivity index (χ2n) is 23.4. The molecule has 0 aromatic carbocycles. The molecule has 0 aromatic rings. The summed E-state index contributed by atoms with van der Waals surface area (Å²) in [4.78, 5) is 107. The first-order valence-electron chi connectivity index (χ1n) is 30.9. The Labute approximate surface area is 516 Å². The highest BCUT2D eigenvalue weighted by Crippen LogP contribution is 2.29. The Morgan fingerprint density at radius 3 is 1.16 bits per heavy atom. The van der Waals surface area contributed by atoms with Gasteiger partial charge in [0.05, 0.1) is 83.6 Å². The van der Waals surface area contributed by atoms with Crippen LogP contribution in [0.15, 0.2) is 0 Å². The normalized spacial score (nSPS) is 27.4. The van der Waals surface area contributed by atoms with E-state index >= 15 is 0 Å². The topological polar surface area (TPSA) is 435 Å². The minimum atomic E-state index is -1.38. The van der Waals surface area contributed by atoms with Gasteiger partial charge in [-0.3, -0.25) is 43.3 Å². The van der Waals surface area contributed by atoms with Gasteiger partial charge < -0.3 is 100 Å². The fourth-order valence-corrected chi connectivity index (χ4v) is 9.57. The zero-order valence-corrected chi connectivity index (χ0v) is 52.5. The van der Waals surface area contributed by atoms with Crippen molar-refractivity contribution in [1.82, 2.24) is 26.2 Å². The van der Waals surface area contributed by atoms with E-state index in [1.165, 1.54) is 12.0 Å². The van der Waals surface area contributed by atoms with Gasteiger partial charge in [0.15, 0.2) is 18.9 Å². The number of hydrogen-bond acceptors (Lipinski definition) is 25. The highest BCUT2D eigenvalue weighted by molar-refractivity contribution is 5.92. The molecule has 3 heterocycles. The van der Waals surface area contributed by atoms with Gasteiger partial charge in [-0.15, -0.1) is 0 Å². The summed E-state index contributed by atoms with van der Waals surface area (Å²) >= 11 is 0. The van der Waals surface area contributed by atoms with Gasteiger partial charge in [-0.1, -0.05) is 41.5 Å². The van der Waals surface area contributed by atoms with Crippen LogP contribution >= 0.6 is 0 Å². The SMILES string of the molecule is CC(C)C.COCCCC(=O)CCCC(=O)CCC(C(=O)NCC(=O)NCCCO[C@@H]1OC(CO)[C@H](O)[C@H](O)C1C)N(CC(=O)CCC(=O)NCCCO[C@@H]1OC(CO)[C@H](O)[C@H](O)C1C)CC(=O)CCC(=O)NCCCO[C@@H]1OC(CO)[C@H](O)[C@H](O)C1C. The van der Waals surface area contributed by atoms with Crippen molar-refractivity contribution in [2.75, 3.05) is 92.6 Å². The predicted octanol–water partition coefficient (Wildman–Crippen LogP) is -2.56. The van der Waals surface area contributed by atoms with Crippen LogP contribution in [0.4, 0.5) is 0 Å². The standard InChI is InChI=1S/C55H95N5O24.C4H10/c1-32-46(71)49(74)40(29-61)82-53(32)79-23-7-19-56-43(68)17-14-37(66)27-60(28-38(67)15-18-44(69)57-20-8-24-80-54-33(2)47(72)50(75)41(30-62)83-54)39(16-13-36(65)11-5-10-35(64)12-6-22-78-4)52(77)59-26-45(70)58-21-9-25-81-55-34(3)48(73)51(76)42(31-63)84-55;1-4(2)3/h32-34,39-42,46-51,53-55,61-63,71-76H,5-31H2,1-4H3,(H,56,68)(H,57,69)(H,58,70)(H,59,77);4H,1-3H3/t32?,33?,34?,39?,40?,41?,42?,46-,47-,48-,49+,50+,51+,53-,54-,55-;/m1./s1. The number of carbonyl (C=O) groups excluding carboxylic acids is 8. The third-order valence-electron chi connectivity index (χ3n) is 14.9. The Kier molecular flexibility index (Phi) is 40.3. The summed E-state index contributed by atoms with van der Waals surface area (Å²) in [7, 11) is 1.52. The molecule has 0 radical (unpaired) electrons. The van der Waals surface area contributed by atoms with Gasteiger partial charge >= 0.3 is 0 Å². The largest absolute Gasteiger partial charge is 0.394 e. The molecule has 0 aliphatic carbocycles. The van der Waals surface area contributed by atoms with Crippen molar-refractivity contribution >= 4 is 46.8 Å². The van der Waals surface area contributed by atoms with Gasteiger partial charge in [0.1, 0.15) is 59.8 Å². The van der Waals surface area contributed by atoms with E-state index < -0.39 is 172 Å². The van der Waals surface area contributed by atoms with Gasteiger partial charge in [-0.2, -0.15) is 0 Å². The van der Waals surface area contributed by atoms with Crippen molar-refractivity contribution in [2.24, 2.45) is 23.7 Å². The Morgan fingerprint density at radius 1 is 0.443 bits per heavy atom. The number of amides is 4. The van der Waals surface area contributed by atoms with Crippen molar-refractivity contribution in [3.05, 3.63) is 0 Å². The zero-order valence-electron chi connectivity index (χ0n) is 52.5. The number of methoxy groups -OCH3 is 1. The lowest BCUT2D eigenvalue weighted by Gasteiger charge is -2.40. The fourth-order valence-electron chi connectivity index (χ4n) is 9.57. The molecule has 3 aliphatic rings. The molecular weight excluding hydrogens is 1160 g/mol. The molecule has 3 saturated heterocycles. The number of ether oxygens (including phenoxy) is 7. The van der Waals surface area contributed by atoms with E-state index in [-0.39, 0.29) is 134 Å². The summed E-state index contributed by atoms with van der Waals surface area (Å²) < 4.78 is 38.7. The van der Waals surface area contributed by atoms with Crippen LogP contribution in [0.5, 0.6) is 0 Å². The van der Waals surface area contributed by atoms with E-state index in [9.17, 15) is 84.3 Å². The molecule has 4 amide bonds. The van der Waals surface area contributed by atoms with Crippen molar-refractivity contribution < 1.29 is 117 Å². The first-order chi connectivity index (χ1) is 41.8. The lowest BCUT2D eigenvalue weighted by atomic mass is 9.92. The Morgan fingerprint density at radius 2 is 0.795 bits per heavy atom. The maximum atomic E-state index is 14.2. The molecule has 0 aromatic heterocycles. The molecule has 3 aliphatic heterocycles. The highest BCUT2D eigenvalue weighted by atomic mass is 16.7. The van der Waals surface area contributed by atoms with Crippen molar-refractivity contribution in [3.63, 3.8) is 0 Å². The Balaban J connectivity index is 0.00000639. The molecule has 16 atom stereocenters. The number of carbonyl (C=O) groups is 8. The number of ketones is 4. The average Bonchev–Trinajstić information content (AvgIpc) is 3.65. The molecule has 0 saturated carbocycles. The molecule has 88 heavy (non-hydrogen) atoms. The maximum absolute atomic E-state index is 14.2. The molecule has 29 nitrogen and oxygen atoms in total. The number of nitrogens with one attached hydrogen (secondary N) is 4. The molecule has 13 N–H and O–H groups in total. The summed E-state index contributed by atoms with van der Waals surface area (Å²) in [6.07, 6.45) is -13.3. The van der Waals surface area contributed by atoms with Crippen molar-refractivity contribution in [3.8, 4) is 0 Å². The zero-order chi connectivity index (χ0) is 65.9. The van der Waals surface area contributed by atoms with Crippen LogP contribution in [0, 0.1) is 23.7 Å². The molecule has 3 rings (SSSR count). The van der Waals surface area contributed by atoms with Crippen LogP contribution in [0.3, 0.4) is 0 Å². The maximum Gasteiger partial charge on any atom is 0.239 e. The van der Waals surface area contributed by atoms with Gasteiger partial charge in [0, 0.05) is 102 Å². The molecule has 0 spiro atoms. The third kappa shape index (κ3) is 30.3. The van der Waals surface area contributed by atoms with Crippen LogP contribution in [0.25, 0.3) is 0 Å². The van der Waals surface area contributed by atoms with Gasteiger partial charge in [0.2, 0.25) is 23.6 Å². The number of hydrogen-bond donors (Lipinski definition) is 13. The quantitative estimate of drug-likeness (QED) is 0.0279. The third-order valence-corrected chi connectivity index (χ3v) is 14.9. The first-order valence-corrected chi connectivity index (χ1v) is 30.9. The fraction of sp³-hybridized carbons (Fsp3) is 0.864. The molecule has 0 bridgehead atoms. The molecule has 3 fully saturated rings. The van der Waals surface area contributed by atoms with Crippen molar-refractivity contribution in [2.45, 2.75) is 211 Å². The summed E-state index contributed by atoms with van der Waals surface area (Å²) in [6.45, 7) is 8.81. The van der Waals surface area contributed by atoms with Crippen LogP contribution in [-0.4, -0.2) is 270 Å². The number of rotatable bonds is 43. The summed E-state index contributed by atoms with van der Waals surface area (Å²) in [5.41, 5.74) is 0. The van der Waals surface area contributed by atoms with E-state index in [4.69, 9.17) is 33.2 Å². The molecular formula is C59H105N5O24. The van der Waals surface area contributed by atoms with Crippen LogP contribution < -0.4 is 21.3 Å². The monoisotopic (exact) mass is 1270 g/mol. The molecule has 510 valence electrons. The first kappa shape index (κ1) is 80.0. The second-order valence-corrected chi connectivity index (χ2v) is 23.4. The predicted molar refractivity (Wildman–Crippen MR) is 313 cm³/mol. The summed E-state index contributed by atoms with van der Waals surface area (Å²) in [6, 6.07) is -1.38. The summed E-state index contributed by atoms with van der Waals surface area (Å²) in [5, 5.41) is 100. The van der Waals surface area contributed by atoms with E-state index in [1.54, 1.807) is 20.8 Å². The van der Waals surface area contributed by atoms with E-state index in [2.05, 4.69) is 42.0 Å². The molecule has 29 heteroatoms. The number of nitrogens with zero attached hydrogens (tertiary/aromatic N) is 1. The van der Waals surface area contributed by atoms with E-state index in [0.717, 1.165) is 5.92 Å². The lowest BCUT2D eigenvalue weighted by molar-refractivity contribution is -0.282. The van der Waals surface area contributed by atoms with Crippen LogP contribution in [-0.2, 0) is 71.5 Å². The Bertz CT molecular complexity index is 1980. The number of aliphatic hydroxyl groups excluding tert-OH is 9. The van der Waals surface area contributed by atoms with Crippen LogP contribution in [0.1, 0.15) is 131 Å². The van der Waals surface area contributed by atoms with E-state index in [1.807, 2.05) is 0 Å². The molecule has 7 unspecified atom stereocenters. The second kappa shape index (κ2) is 44.4. The summed E-state index contributed by atoms with van der Waals surface area (Å²) in [5.74, 6) is -5.07. The van der Waals surface area contributed by atoms with Crippen molar-refractivity contribution in [1.29, 1.82) is 0 Å². The Hall–Kier alpha value is -4.12. The number of aliphatic hydroxyl groups is 9.